The largest absolute Gasteiger partial charge is 0.395 e. The van der Waals surface area contributed by atoms with Gasteiger partial charge in [-0.2, -0.15) is 0 Å². The van der Waals surface area contributed by atoms with Crippen LogP contribution < -0.4 is 5.32 Å². The van der Waals surface area contributed by atoms with Crippen LogP contribution in [0, 0.1) is 0 Å². The molecule has 1 aliphatic heterocycles. The molecule has 18 heavy (non-hydrogen) atoms. The summed E-state index contributed by atoms with van der Waals surface area (Å²) in [5.41, 5.74) is 0. The molecule has 1 heterocycles. The first-order valence-electron chi connectivity index (χ1n) is 7.94. The number of likely N-dealkylation sites (tertiary alicyclic amines) is 1. The number of aliphatic hydroxyl groups is 1. The second-order valence-corrected chi connectivity index (χ2v) is 6.06. The number of nitrogens with one attached hydrogen (secondary N) is 1. The predicted octanol–water partition coefficient (Wildman–Crippen LogP) is 2.14. The molecule has 2 N–H and O–H groups in total. The van der Waals surface area contributed by atoms with Crippen molar-refractivity contribution in [3.05, 3.63) is 0 Å². The second-order valence-electron chi connectivity index (χ2n) is 6.06. The maximum Gasteiger partial charge on any atom is 0.0584 e. The fourth-order valence-corrected chi connectivity index (χ4v) is 3.51. The van der Waals surface area contributed by atoms with Crippen LogP contribution in [0.1, 0.15) is 58.3 Å². The van der Waals surface area contributed by atoms with Crippen molar-refractivity contribution in [2.45, 2.75) is 76.4 Å². The molecule has 1 unspecified atom stereocenters. The molecule has 0 amide bonds. The Balaban J connectivity index is 1.70. The van der Waals surface area contributed by atoms with Crippen molar-refractivity contribution >= 4 is 0 Å². The zero-order chi connectivity index (χ0) is 12.8. The molecule has 0 aromatic heterocycles. The van der Waals surface area contributed by atoms with Gasteiger partial charge in [-0.25, -0.2) is 0 Å². The molecule has 3 heteroatoms. The van der Waals surface area contributed by atoms with E-state index in [1.807, 2.05) is 0 Å². The number of nitrogens with zero attached hydrogens (tertiary/aromatic N) is 1. The summed E-state index contributed by atoms with van der Waals surface area (Å²) in [6, 6.07) is 1.80. The Labute approximate surface area is 112 Å². The second kappa shape index (κ2) is 7.46. The van der Waals surface area contributed by atoms with E-state index in [9.17, 15) is 5.11 Å². The average Bonchev–Trinajstić information content (AvgIpc) is 2.46. The molecule has 0 aromatic carbocycles. The minimum Gasteiger partial charge on any atom is -0.395 e. The molecule has 1 aliphatic carbocycles. The topological polar surface area (TPSA) is 35.5 Å². The third-order valence-corrected chi connectivity index (χ3v) is 4.81. The van der Waals surface area contributed by atoms with Crippen molar-refractivity contribution in [3.63, 3.8) is 0 Å². The van der Waals surface area contributed by atoms with Gasteiger partial charge in [0.2, 0.25) is 0 Å². The summed E-state index contributed by atoms with van der Waals surface area (Å²) in [7, 11) is 0. The van der Waals surface area contributed by atoms with E-state index in [0.717, 1.165) is 12.5 Å². The first-order valence-corrected chi connectivity index (χ1v) is 7.94. The van der Waals surface area contributed by atoms with Crippen LogP contribution in [0.5, 0.6) is 0 Å². The van der Waals surface area contributed by atoms with E-state index >= 15 is 0 Å². The van der Waals surface area contributed by atoms with Crippen LogP contribution in [-0.2, 0) is 0 Å². The van der Waals surface area contributed by atoms with E-state index in [4.69, 9.17) is 0 Å². The molecule has 1 saturated heterocycles. The number of aliphatic hydroxyl groups excluding tert-OH is 1. The van der Waals surface area contributed by atoms with E-state index < -0.39 is 0 Å². The third kappa shape index (κ3) is 3.94. The van der Waals surface area contributed by atoms with Crippen LogP contribution in [0.3, 0.4) is 0 Å². The van der Waals surface area contributed by atoms with E-state index in [0.29, 0.717) is 12.1 Å². The summed E-state index contributed by atoms with van der Waals surface area (Å²) in [5.74, 6) is 0. The molecule has 2 rings (SSSR count). The Morgan fingerprint density at radius 3 is 2.33 bits per heavy atom. The standard InChI is InChI=1S/C15H30N2O/c1-2-13(12-18)16-14-8-10-17(11-9-14)15-6-4-3-5-7-15/h13-16,18H,2-12H2,1H3. The lowest BCUT2D eigenvalue weighted by Crippen LogP contribution is -2.49. The Kier molecular flexibility index (Phi) is 5.93. The van der Waals surface area contributed by atoms with E-state index in [2.05, 4.69) is 17.1 Å². The van der Waals surface area contributed by atoms with E-state index in [1.54, 1.807) is 0 Å². The highest BCUT2D eigenvalue weighted by Crippen LogP contribution is 2.25. The molecule has 0 spiro atoms. The molecule has 2 aliphatic rings. The summed E-state index contributed by atoms with van der Waals surface area (Å²) in [5, 5.41) is 12.8. The Hall–Kier alpha value is -0.120. The highest BCUT2D eigenvalue weighted by molar-refractivity contribution is 4.84. The highest BCUT2D eigenvalue weighted by atomic mass is 16.3. The van der Waals surface area contributed by atoms with Crippen molar-refractivity contribution in [3.8, 4) is 0 Å². The number of piperidine rings is 1. The van der Waals surface area contributed by atoms with Crippen LogP contribution in [0.25, 0.3) is 0 Å². The zero-order valence-corrected chi connectivity index (χ0v) is 11.9. The van der Waals surface area contributed by atoms with Crippen molar-refractivity contribution < 1.29 is 5.11 Å². The average molecular weight is 254 g/mol. The van der Waals surface area contributed by atoms with Crippen LogP contribution in [-0.4, -0.2) is 47.8 Å². The maximum atomic E-state index is 9.24. The fourth-order valence-electron chi connectivity index (χ4n) is 3.51. The van der Waals surface area contributed by atoms with Gasteiger partial charge in [0.05, 0.1) is 6.61 Å². The Morgan fingerprint density at radius 1 is 1.11 bits per heavy atom. The molecular formula is C15H30N2O. The minimum atomic E-state index is 0.277. The highest BCUT2D eigenvalue weighted by Gasteiger charge is 2.26. The lowest BCUT2D eigenvalue weighted by molar-refractivity contribution is 0.108. The van der Waals surface area contributed by atoms with Gasteiger partial charge < -0.3 is 15.3 Å². The Morgan fingerprint density at radius 2 is 1.78 bits per heavy atom. The number of hydrogen-bond donors (Lipinski definition) is 2. The van der Waals surface area contributed by atoms with Gasteiger partial charge in [0, 0.05) is 18.1 Å². The molecule has 1 atom stereocenters. The summed E-state index contributed by atoms with van der Waals surface area (Å²) in [4.78, 5) is 2.72. The van der Waals surface area contributed by atoms with Crippen molar-refractivity contribution in [2.75, 3.05) is 19.7 Å². The maximum absolute atomic E-state index is 9.24. The number of hydrogen-bond acceptors (Lipinski definition) is 3. The van der Waals surface area contributed by atoms with Gasteiger partial charge in [-0.3, -0.25) is 0 Å². The summed E-state index contributed by atoms with van der Waals surface area (Å²) in [6.45, 7) is 4.93. The smallest absolute Gasteiger partial charge is 0.0584 e. The van der Waals surface area contributed by atoms with E-state index in [-0.39, 0.29) is 6.61 Å². The SMILES string of the molecule is CCC(CO)NC1CCN(C2CCCCC2)CC1. The van der Waals surface area contributed by atoms with Crippen LogP contribution >= 0.6 is 0 Å². The monoisotopic (exact) mass is 254 g/mol. The molecule has 106 valence electrons. The molecule has 0 aromatic rings. The van der Waals surface area contributed by atoms with Gasteiger partial charge in [0.15, 0.2) is 0 Å². The van der Waals surface area contributed by atoms with Gasteiger partial charge in [0.25, 0.3) is 0 Å². The van der Waals surface area contributed by atoms with Crippen molar-refractivity contribution in [2.24, 2.45) is 0 Å². The van der Waals surface area contributed by atoms with Gasteiger partial charge >= 0.3 is 0 Å². The molecular weight excluding hydrogens is 224 g/mol. The third-order valence-electron chi connectivity index (χ3n) is 4.81. The first-order chi connectivity index (χ1) is 8.83. The summed E-state index contributed by atoms with van der Waals surface area (Å²) >= 11 is 0. The minimum absolute atomic E-state index is 0.277. The summed E-state index contributed by atoms with van der Waals surface area (Å²) in [6.07, 6.45) is 10.7. The molecule has 3 nitrogen and oxygen atoms in total. The molecule has 1 saturated carbocycles. The lowest BCUT2D eigenvalue weighted by Gasteiger charge is -2.40. The molecule has 2 fully saturated rings. The quantitative estimate of drug-likeness (QED) is 0.789. The lowest BCUT2D eigenvalue weighted by atomic mass is 9.92. The van der Waals surface area contributed by atoms with Crippen LogP contribution in [0.15, 0.2) is 0 Å². The molecule has 0 radical (unpaired) electrons. The fraction of sp³-hybridized carbons (Fsp3) is 1.00. The predicted molar refractivity (Wildman–Crippen MR) is 75.8 cm³/mol. The van der Waals surface area contributed by atoms with Crippen LogP contribution in [0.2, 0.25) is 0 Å². The normalized spacial score (nSPS) is 26.3. The number of rotatable bonds is 5. The van der Waals surface area contributed by atoms with Gasteiger partial charge in [-0.15, -0.1) is 0 Å². The van der Waals surface area contributed by atoms with Crippen molar-refractivity contribution in [1.29, 1.82) is 0 Å². The Bertz CT molecular complexity index is 217. The molecule has 0 bridgehead atoms. The van der Waals surface area contributed by atoms with Gasteiger partial charge in [-0.1, -0.05) is 26.2 Å². The van der Waals surface area contributed by atoms with E-state index in [1.165, 1.54) is 58.0 Å². The van der Waals surface area contributed by atoms with Crippen molar-refractivity contribution in [1.82, 2.24) is 10.2 Å². The van der Waals surface area contributed by atoms with Gasteiger partial charge in [-0.05, 0) is 45.2 Å². The summed E-state index contributed by atoms with van der Waals surface area (Å²) < 4.78 is 0. The zero-order valence-electron chi connectivity index (χ0n) is 11.9. The van der Waals surface area contributed by atoms with Crippen LogP contribution in [0.4, 0.5) is 0 Å². The van der Waals surface area contributed by atoms with Gasteiger partial charge in [0.1, 0.15) is 0 Å². The first kappa shape index (κ1) is 14.3.